The van der Waals surface area contributed by atoms with Crippen LogP contribution < -0.4 is 0 Å². The highest BCUT2D eigenvalue weighted by atomic mass is 16.1. The van der Waals surface area contributed by atoms with Gasteiger partial charge in [0.25, 0.3) is 0 Å². The fraction of sp³-hybridized carbons (Fsp3) is 0.714. The molecule has 0 saturated carbocycles. The largest absolute Gasteiger partial charge is 0.300 e. The molecule has 0 aliphatic rings. The van der Waals surface area contributed by atoms with E-state index in [1.54, 1.807) is 0 Å². The van der Waals surface area contributed by atoms with E-state index in [9.17, 15) is 4.79 Å². The average Bonchev–Trinajstić information content (AvgIpc) is 2.34. The first-order valence-corrected chi connectivity index (χ1v) is 3.87. The molecule has 0 radical (unpaired) electrons. The monoisotopic (exact) mass is 168 g/mol. The second kappa shape index (κ2) is 3.42. The lowest BCUT2D eigenvalue weighted by molar-refractivity contribution is -0.116. The molecule has 0 aliphatic heterocycles. The van der Waals surface area contributed by atoms with Gasteiger partial charge in [0.1, 0.15) is 5.78 Å². The molecular formula is C7H12N4O. The number of rotatable bonds is 3. The zero-order valence-electron chi connectivity index (χ0n) is 7.48. The predicted molar refractivity (Wildman–Crippen MR) is 42.6 cm³/mol. The number of tetrazole rings is 1. The maximum absolute atomic E-state index is 10.7. The van der Waals surface area contributed by atoms with Crippen molar-refractivity contribution in [1.82, 2.24) is 20.2 Å². The molecule has 1 heterocycles. The Labute approximate surface area is 70.8 Å². The number of carbonyl (C=O) groups excluding carboxylic acids is 1. The lowest BCUT2D eigenvalue weighted by Gasteiger charge is -1.98. The predicted octanol–water partition coefficient (Wildman–Crippen LogP) is 0.385. The molecule has 1 aromatic rings. The summed E-state index contributed by atoms with van der Waals surface area (Å²) < 4.78 is 0. The van der Waals surface area contributed by atoms with Crippen molar-refractivity contribution in [1.29, 1.82) is 0 Å². The Bertz CT molecular complexity index is 279. The fourth-order valence-electron chi connectivity index (χ4n) is 0.768. The van der Waals surface area contributed by atoms with E-state index in [4.69, 9.17) is 0 Å². The van der Waals surface area contributed by atoms with Crippen molar-refractivity contribution in [3.8, 4) is 0 Å². The molecule has 5 nitrogen and oxygen atoms in total. The van der Waals surface area contributed by atoms with Gasteiger partial charge in [0.05, 0.1) is 12.5 Å². The number of nitrogens with zero attached hydrogens (tertiary/aromatic N) is 4. The van der Waals surface area contributed by atoms with Crippen LogP contribution in [-0.2, 0) is 11.2 Å². The van der Waals surface area contributed by atoms with Crippen molar-refractivity contribution in [2.45, 2.75) is 33.2 Å². The van der Waals surface area contributed by atoms with Crippen LogP contribution in [0.5, 0.6) is 0 Å². The first-order chi connectivity index (χ1) is 5.59. The Hall–Kier alpha value is -1.26. The van der Waals surface area contributed by atoms with Crippen molar-refractivity contribution in [3.05, 3.63) is 5.82 Å². The van der Waals surface area contributed by atoms with Crippen LogP contribution in [0.25, 0.3) is 0 Å². The third-order valence-electron chi connectivity index (χ3n) is 1.34. The van der Waals surface area contributed by atoms with Gasteiger partial charge in [-0.25, -0.2) is 0 Å². The Morgan fingerprint density at radius 2 is 2.25 bits per heavy atom. The summed E-state index contributed by atoms with van der Waals surface area (Å²) in [7, 11) is 0. The Morgan fingerprint density at radius 1 is 1.58 bits per heavy atom. The van der Waals surface area contributed by atoms with Gasteiger partial charge < -0.3 is 0 Å². The lowest BCUT2D eigenvalue weighted by Crippen LogP contribution is -2.05. The van der Waals surface area contributed by atoms with Gasteiger partial charge in [0.15, 0.2) is 5.82 Å². The topological polar surface area (TPSA) is 60.7 Å². The normalized spacial score (nSPS) is 10.7. The van der Waals surface area contributed by atoms with Crippen LogP contribution in [0.3, 0.4) is 0 Å². The van der Waals surface area contributed by atoms with E-state index in [-0.39, 0.29) is 18.2 Å². The SMILES string of the molecule is CC(=O)Cc1nnn(C(C)C)n1. The first-order valence-electron chi connectivity index (χ1n) is 3.87. The van der Waals surface area contributed by atoms with Crippen LogP contribution in [0, 0.1) is 0 Å². The van der Waals surface area contributed by atoms with E-state index in [2.05, 4.69) is 15.4 Å². The van der Waals surface area contributed by atoms with Crippen LogP contribution in [0.2, 0.25) is 0 Å². The molecule has 0 bridgehead atoms. The molecule has 66 valence electrons. The molecule has 1 rings (SSSR count). The van der Waals surface area contributed by atoms with Crippen LogP contribution >= 0.6 is 0 Å². The molecule has 0 spiro atoms. The number of ketones is 1. The second-order valence-corrected chi connectivity index (χ2v) is 3.00. The fourth-order valence-corrected chi connectivity index (χ4v) is 0.768. The lowest BCUT2D eigenvalue weighted by atomic mass is 10.3. The van der Waals surface area contributed by atoms with E-state index in [0.717, 1.165) is 0 Å². The van der Waals surface area contributed by atoms with Crippen LogP contribution in [0.4, 0.5) is 0 Å². The number of hydrogen-bond acceptors (Lipinski definition) is 4. The van der Waals surface area contributed by atoms with Crippen molar-refractivity contribution in [2.75, 3.05) is 0 Å². The standard InChI is InChI=1S/C7H12N4O/c1-5(2)11-9-7(8-10-11)4-6(3)12/h5H,4H2,1-3H3. The zero-order chi connectivity index (χ0) is 9.14. The molecule has 0 unspecified atom stereocenters. The molecule has 5 heteroatoms. The van der Waals surface area contributed by atoms with E-state index in [0.29, 0.717) is 5.82 Å². The van der Waals surface area contributed by atoms with E-state index in [1.165, 1.54) is 11.7 Å². The van der Waals surface area contributed by atoms with Crippen molar-refractivity contribution >= 4 is 5.78 Å². The highest BCUT2D eigenvalue weighted by Crippen LogP contribution is 1.98. The summed E-state index contributed by atoms with van der Waals surface area (Å²) in [5, 5.41) is 11.6. The summed E-state index contributed by atoms with van der Waals surface area (Å²) in [5.41, 5.74) is 0. The molecule has 0 amide bonds. The minimum atomic E-state index is 0.0540. The zero-order valence-corrected chi connectivity index (χ0v) is 7.48. The summed E-state index contributed by atoms with van der Waals surface area (Å²) in [6, 6.07) is 0.193. The summed E-state index contributed by atoms with van der Waals surface area (Å²) >= 11 is 0. The van der Waals surface area contributed by atoms with Crippen molar-refractivity contribution < 1.29 is 4.79 Å². The van der Waals surface area contributed by atoms with Crippen molar-refractivity contribution in [3.63, 3.8) is 0 Å². The Morgan fingerprint density at radius 3 is 2.67 bits per heavy atom. The smallest absolute Gasteiger partial charge is 0.182 e. The molecule has 0 saturated heterocycles. The molecule has 1 aromatic heterocycles. The van der Waals surface area contributed by atoms with Gasteiger partial charge in [0.2, 0.25) is 0 Å². The third-order valence-corrected chi connectivity index (χ3v) is 1.34. The molecule has 0 aromatic carbocycles. The molecule has 0 N–H and O–H groups in total. The maximum Gasteiger partial charge on any atom is 0.182 e. The molecule has 0 fully saturated rings. The number of carbonyl (C=O) groups is 1. The van der Waals surface area contributed by atoms with E-state index < -0.39 is 0 Å². The number of Topliss-reactive ketones (excluding diaryl/α,β-unsaturated/α-hetero) is 1. The van der Waals surface area contributed by atoms with Crippen LogP contribution in [0.15, 0.2) is 0 Å². The van der Waals surface area contributed by atoms with E-state index >= 15 is 0 Å². The first kappa shape index (κ1) is 8.83. The Balaban J connectivity index is 2.70. The molecule has 12 heavy (non-hydrogen) atoms. The van der Waals surface area contributed by atoms with Crippen molar-refractivity contribution in [2.24, 2.45) is 0 Å². The Kier molecular flexibility index (Phi) is 2.52. The highest BCUT2D eigenvalue weighted by molar-refractivity contribution is 5.77. The molecule has 0 atom stereocenters. The minimum Gasteiger partial charge on any atom is -0.300 e. The van der Waals surface area contributed by atoms with Gasteiger partial charge in [-0.1, -0.05) is 0 Å². The summed E-state index contributed by atoms with van der Waals surface area (Å²) in [4.78, 5) is 12.2. The second-order valence-electron chi connectivity index (χ2n) is 3.00. The molecular weight excluding hydrogens is 156 g/mol. The highest BCUT2D eigenvalue weighted by Gasteiger charge is 2.06. The minimum absolute atomic E-state index is 0.0540. The van der Waals surface area contributed by atoms with Gasteiger partial charge in [-0.15, -0.1) is 10.2 Å². The van der Waals surface area contributed by atoms with Gasteiger partial charge in [0, 0.05) is 0 Å². The quantitative estimate of drug-likeness (QED) is 0.654. The maximum atomic E-state index is 10.7. The van der Waals surface area contributed by atoms with Crippen LogP contribution in [0.1, 0.15) is 32.6 Å². The van der Waals surface area contributed by atoms with Gasteiger partial charge in [-0.2, -0.15) is 4.80 Å². The summed E-state index contributed by atoms with van der Waals surface area (Å²) in [6.07, 6.45) is 0.271. The van der Waals surface area contributed by atoms with E-state index in [1.807, 2.05) is 13.8 Å². The average molecular weight is 168 g/mol. The third kappa shape index (κ3) is 2.11. The summed E-state index contributed by atoms with van der Waals surface area (Å²) in [5.74, 6) is 0.550. The van der Waals surface area contributed by atoms with Gasteiger partial charge >= 0.3 is 0 Å². The summed E-state index contributed by atoms with van der Waals surface area (Å²) in [6.45, 7) is 5.43. The number of hydrogen-bond donors (Lipinski definition) is 0. The van der Waals surface area contributed by atoms with Crippen LogP contribution in [-0.4, -0.2) is 26.0 Å². The molecule has 0 aliphatic carbocycles. The van der Waals surface area contributed by atoms with Gasteiger partial charge in [-0.3, -0.25) is 4.79 Å². The van der Waals surface area contributed by atoms with Gasteiger partial charge in [-0.05, 0) is 26.0 Å². The number of aromatic nitrogens is 4.